The second-order valence-corrected chi connectivity index (χ2v) is 5.62. The van der Waals surface area contributed by atoms with Crippen LogP contribution in [0, 0.1) is 6.92 Å². The van der Waals surface area contributed by atoms with Gasteiger partial charge < -0.3 is 4.98 Å². The minimum atomic E-state index is 0.711. The molecule has 0 spiro atoms. The van der Waals surface area contributed by atoms with Crippen molar-refractivity contribution >= 4 is 38.6 Å². The standard InChI is InChI=1S/C14H10BrClN2/c1-8-4-9(6-10(15)5-8)14-17-12-3-2-11(16)7-13(12)18-14/h2-7H,1H3,(H,17,18). The fourth-order valence-electron chi connectivity index (χ4n) is 1.99. The highest BCUT2D eigenvalue weighted by Crippen LogP contribution is 2.26. The molecule has 0 aliphatic carbocycles. The summed E-state index contributed by atoms with van der Waals surface area (Å²) in [4.78, 5) is 7.86. The van der Waals surface area contributed by atoms with Crippen LogP contribution in [0.5, 0.6) is 0 Å². The first kappa shape index (κ1) is 11.8. The van der Waals surface area contributed by atoms with Crippen molar-refractivity contribution in [1.82, 2.24) is 9.97 Å². The first-order valence-electron chi connectivity index (χ1n) is 5.55. The average Bonchev–Trinajstić information content (AvgIpc) is 2.70. The van der Waals surface area contributed by atoms with E-state index < -0.39 is 0 Å². The largest absolute Gasteiger partial charge is 0.338 e. The van der Waals surface area contributed by atoms with Crippen molar-refractivity contribution < 1.29 is 0 Å². The molecule has 0 atom stereocenters. The molecular formula is C14H10BrClN2. The molecule has 90 valence electrons. The first-order chi connectivity index (χ1) is 8.61. The lowest BCUT2D eigenvalue weighted by Crippen LogP contribution is -1.82. The molecule has 3 aromatic rings. The molecule has 3 rings (SSSR count). The zero-order valence-electron chi connectivity index (χ0n) is 9.67. The van der Waals surface area contributed by atoms with Crippen molar-refractivity contribution in [1.29, 1.82) is 0 Å². The van der Waals surface area contributed by atoms with Gasteiger partial charge in [0.1, 0.15) is 5.82 Å². The van der Waals surface area contributed by atoms with Gasteiger partial charge in [-0.3, -0.25) is 0 Å². The lowest BCUT2D eigenvalue weighted by atomic mass is 10.1. The number of hydrogen-bond donors (Lipinski definition) is 1. The highest BCUT2D eigenvalue weighted by Gasteiger charge is 2.06. The Morgan fingerprint density at radius 3 is 2.78 bits per heavy atom. The lowest BCUT2D eigenvalue weighted by molar-refractivity contribution is 1.32. The Bertz CT molecular complexity index is 713. The van der Waals surface area contributed by atoms with Gasteiger partial charge in [-0.1, -0.05) is 27.5 Å². The van der Waals surface area contributed by atoms with Crippen molar-refractivity contribution in [3.8, 4) is 11.4 Å². The summed E-state index contributed by atoms with van der Waals surface area (Å²) < 4.78 is 1.05. The molecule has 18 heavy (non-hydrogen) atoms. The Kier molecular flexibility index (Phi) is 2.88. The minimum Gasteiger partial charge on any atom is -0.338 e. The lowest BCUT2D eigenvalue weighted by Gasteiger charge is -2.00. The third kappa shape index (κ3) is 2.16. The normalized spacial score (nSPS) is 11.1. The van der Waals surface area contributed by atoms with Crippen molar-refractivity contribution in [2.45, 2.75) is 6.92 Å². The van der Waals surface area contributed by atoms with Gasteiger partial charge in [-0.2, -0.15) is 0 Å². The maximum absolute atomic E-state index is 5.97. The van der Waals surface area contributed by atoms with Crippen LogP contribution < -0.4 is 0 Å². The summed E-state index contributed by atoms with van der Waals surface area (Å²) in [5.41, 5.74) is 4.13. The summed E-state index contributed by atoms with van der Waals surface area (Å²) in [6.45, 7) is 2.06. The molecule has 0 aliphatic rings. The number of aromatic nitrogens is 2. The molecule has 4 heteroatoms. The van der Waals surface area contributed by atoms with Gasteiger partial charge in [0.15, 0.2) is 0 Å². The number of halogens is 2. The van der Waals surface area contributed by atoms with Crippen molar-refractivity contribution in [3.63, 3.8) is 0 Å². The molecule has 0 saturated carbocycles. The summed E-state index contributed by atoms with van der Waals surface area (Å²) in [5.74, 6) is 0.858. The van der Waals surface area contributed by atoms with E-state index in [0.717, 1.165) is 26.9 Å². The average molecular weight is 322 g/mol. The highest BCUT2D eigenvalue weighted by atomic mass is 79.9. The van der Waals surface area contributed by atoms with E-state index in [1.54, 1.807) is 0 Å². The minimum absolute atomic E-state index is 0.711. The van der Waals surface area contributed by atoms with Gasteiger partial charge in [-0.15, -0.1) is 0 Å². The van der Waals surface area contributed by atoms with Crippen LogP contribution in [0.25, 0.3) is 22.4 Å². The number of aromatic amines is 1. The summed E-state index contributed by atoms with van der Waals surface area (Å²) in [7, 11) is 0. The first-order valence-corrected chi connectivity index (χ1v) is 6.72. The molecule has 0 saturated heterocycles. The molecule has 0 bridgehead atoms. The van der Waals surface area contributed by atoms with E-state index in [0.29, 0.717) is 5.02 Å². The number of H-pyrrole nitrogens is 1. The number of nitrogens with one attached hydrogen (secondary N) is 1. The number of hydrogen-bond acceptors (Lipinski definition) is 1. The predicted molar refractivity (Wildman–Crippen MR) is 79.0 cm³/mol. The summed E-state index contributed by atoms with van der Waals surface area (Å²) >= 11 is 9.47. The van der Waals surface area contributed by atoms with Crippen molar-refractivity contribution in [3.05, 3.63) is 51.5 Å². The number of benzene rings is 2. The van der Waals surface area contributed by atoms with Crippen LogP contribution in [-0.4, -0.2) is 9.97 Å². The van der Waals surface area contributed by atoms with Gasteiger partial charge in [0.05, 0.1) is 11.0 Å². The third-order valence-corrected chi connectivity index (χ3v) is 3.45. The predicted octanol–water partition coefficient (Wildman–Crippen LogP) is 4.95. The van der Waals surface area contributed by atoms with Gasteiger partial charge in [-0.05, 0) is 48.9 Å². The summed E-state index contributed by atoms with van der Waals surface area (Å²) in [6, 6.07) is 11.9. The van der Waals surface area contributed by atoms with Gasteiger partial charge in [0.25, 0.3) is 0 Å². The van der Waals surface area contributed by atoms with Crippen molar-refractivity contribution in [2.24, 2.45) is 0 Å². The van der Waals surface area contributed by atoms with Gasteiger partial charge >= 0.3 is 0 Å². The van der Waals surface area contributed by atoms with Gasteiger partial charge in [0, 0.05) is 15.1 Å². The van der Waals surface area contributed by atoms with E-state index in [1.807, 2.05) is 24.3 Å². The maximum Gasteiger partial charge on any atom is 0.138 e. The van der Waals surface area contributed by atoms with Crippen LogP contribution in [0.1, 0.15) is 5.56 Å². The molecule has 1 aromatic heterocycles. The van der Waals surface area contributed by atoms with E-state index in [1.165, 1.54) is 5.56 Å². The van der Waals surface area contributed by atoms with E-state index in [9.17, 15) is 0 Å². The molecule has 2 aromatic carbocycles. The number of aryl methyl sites for hydroxylation is 1. The third-order valence-electron chi connectivity index (χ3n) is 2.76. The Morgan fingerprint density at radius 1 is 1.17 bits per heavy atom. The molecule has 0 radical (unpaired) electrons. The van der Waals surface area contributed by atoms with Crippen LogP contribution in [0.4, 0.5) is 0 Å². The number of rotatable bonds is 1. The molecule has 0 aliphatic heterocycles. The molecule has 0 unspecified atom stereocenters. The van der Waals surface area contributed by atoms with E-state index >= 15 is 0 Å². The second-order valence-electron chi connectivity index (χ2n) is 4.26. The highest BCUT2D eigenvalue weighted by molar-refractivity contribution is 9.10. The van der Waals surface area contributed by atoms with Gasteiger partial charge in [-0.25, -0.2) is 4.98 Å². The number of fused-ring (bicyclic) bond motifs is 1. The van der Waals surface area contributed by atoms with Crippen LogP contribution in [-0.2, 0) is 0 Å². The Balaban J connectivity index is 2.19. The topological polar surface area (TPSA) is 28.7 Å². The second kappa shape index (κ2) is 4.41. The van der Waals surface area contributed by atoms with E-state index in [4.69, 9.17) is 11.6 Å². The molecule has 1 heterocycles. The maximum atomic E-state index is 5.97. The van der Waals surface area contributed by atoms with Crippen molar-refractivity contribution in [2.75, 3.05) is 0 Å². The zero-order chi connectivity index (χ0) is 12.7. The SMILES string of the molecule is Cc1cc(Br)cc(-c2nc3ccc(Cl)cc3[nH]2)c1. The monoisotopic (exact) mass is 320 g/mol. The summed E-state index contributed by atoms with van der Waals surface area (Å²) in [6.07, 6.45) is 0. The Labute approximate surface area is 118 Å². The Morgan fingerprint density at radius 2 is 2.00 bits per heavy atom. The van der Waals surface area contributed by atoms with Gasteiger partial charge in [0.2, 0.25) is 0 Å². The molecule has 0 amide bonds. The fraction of sp³-hybridized carbons (Fsp3) is 0.0714. The Hall–Kier alpha value is -1.32. The summed E-state index contributed by atoms with van der Waals surface area (Å²) in [5, 5.41) is 0.711. The number of nitrogens with zero attached hydrogens (tertiary/aromatic N) is 1. The molecular weight excluding hydrogens is 312 g/mol. The smallest absolute Gasteiger partial charge is 0.138 e. The van der Waals surface area contributed by atoms with Crippen LogP contribution in [0.2, 0.25) is 5.02 Å². The van der Waals surface area contributed by atoms with Crippen LogP contribution >= 0.6 is 27.5 Å². The fourth-order valence-corrected chi connectivity index (χ4v) is 2.77. The van der Waals surface area contributed by atoms with E-state index in [-0.39, 0.29) is 0 Å². The van der Waals surface area contributed by atoms with E-state index in [2.05, 4.69) is 45.0 Å². The quantitative estimate of drug-likeness (QED) is 0.674. The number of imidazole rings is 1. The molecule has 2 nitrogen and oxygen atoms in total. The van der Waals surface area contributed by atoms with Crippen LogP contribution in [0.3, 0.4) is 0 Å². The zero-order valence-corrected chi connectivity index (χ0v) is 12.0. The molecule has 1 N–H and O–H groups in total. The molecule has 0 fully saturated rings. The van der Waals surface area contributed by atoms with Crippen LogP contribution in [0.15, 0.2) is 40.9 Å².